The van der Waals surface area contributed by atoms with Crippen molar-refractivity contribution in [1.82, 2.24) is 0 Å². The van der Waals surface area contributed by atoms with Crippen molar-refractivity contribution in [3.8, 4) is 0 Å². The van der Waals surface area contributed by atoms with Gasteiger partial charge in [-0.1, -0.05) is 73.5 Å². The van der Waals surface area contributed by atoms with Crippen LogP contribution in [0, 0.1) is 0 Å². The molecule has 0 saturated carbocycles. The Kier molecular flexibility index (Phi) is 6.08. The summed E-state index contributed by atoms with van der Waals surface area (Å²) in [6, 6.07) is 17.6. The number of anilines is 1. The SMILES string of the molecule is CN1/C(=C/C=C2\CCCC(CCC3=[N+](C)c4ccccc4C3(C)C)=C2Cl)C(C)(C)c2ccccc21. The van der Waals surface area contributed by atoms with Gasteiger partial charge in [-0.3, -0.25) is 0 Å². The molecule has 3 aliphatic rings. The highest BCUT2D eigenvalue weighted by Crippen LogP contribution is 2.47. The summed E-state index contributed by atoms with van der Waals surface area (Å²) in [6.07, 6.45) is 10.00. The third kappa shape index (κ3) is 3.91. The Hall–Kier alpha value is -2.58. The van der Waals surface area contributed by atoms with Crippen molar-refractivity contribution in [3.05, 3.63) is 93.7 Å². The van der Waals surface area contributed by atoms with Gasteiger partial charge in [-0.15, -0.1) is 0 Å². The predicted octanol–water partition coefficient (Wildman–Crippen LogP) is 8.39. The van der Waals surface area contributed by atoms with Gasteiger partial charge in [0, 0.05) is 46.9 Å². The standard InChI is InChI=1S/C32H38ClN2/c1-31(2)24-14-7-9-16-26(24)34(5)28(31)20-18-22-12-11-13-23(30(22)33)19-21-29-32(3,4)25-15-8-10-17-27(25)35(29)6/h7-10,14-18,20H,11-13,19,21H2,1-6H3/q+1/b22-18+,28-20+. The van der Waals surface area contributed by atoms with E-state index < -0.39 is 0 Å². The molecule has 35 heavy (non-hydrogen) atoms. The maximum Gasteiger partial charge on any atom is 0.209 e. The molecule has 182 valence electrons. The first kappa shape index (κ1) is 24.1. The van der Waals surface area contributed by atoms with E-state index in [1.165, 1.54) is 51.5 Å². The molecule has 0 saturated heterocycles. The fourth-order valence-corrected chi connectivity index (χ4v) is 6.92. The van der Waals surface area contributed by atoms with Crippen LogP contribution in [0.3, 0.4) is 0 Å². The molecule has 2 aromatic rings. The van der Waals surface area contributed by atoms with E-state index in [1.807, 2.05) is 0 Å². The van der Waals surface area contributed by atoms with Crippen molar-refractivity contribution >= 4 is 28.7 Å². The maximum absolute atomic E-state index is 7.06. The lowest BCUT2D eigenvalue weighted by molar-refractivity contribution is -0.404. The zero-order chi connectivity index (χ0) is 25.0. The van der Waals surface area contributed by atoms with Gasteiger partial charge in [0.2, 0.25) is 5.69 Å². The number of hydrogen-bond acceptors (Lipinski definition) is 1. The molecule has 0 aromatic heterocycles. The number of rotatable bonds is 4. The van der Waals surface area contributed by atoms with Gasteiger partial charge >= 0.3 is 0 Å². The molecular formula is C32H38ClN2+. The predicted molar refractivity (Wildman–Crippen MR) is 150 cm³/mol. The van der Waals surface area contributed by atoms with Crippen LogP contribution in [-0.4, -0.2) is 24.4 Å². The van der Waals surface area contributed by atoms with Gasteiger partial charge in [0.1, 0.15) is 7.05 Å². The summed E-state index contributed by atoms with van der Waals surface area (Å²) in [5.41, 5.74) is 11.0. The van der Waals surface area contributed by atoms with Gasteiger partial charge in [0.15, 0.2) is 5.71 Å². The van der Waals surface area contributed by atoms with Gasteiger partial charge in [0.05, 0.1) is 5.41 Å². The number of nitrogens with zero attached hydrogens (tertiary/aromatic N) is 2. The molecule has 2 aliphatic heterocycles. The van der Waals surface area contributed by atoms with Crippen molar-refractivity contribution in [3.63, 3.8) is 0 Å². The van der Waals surface area contributed by atoms with Gasteiger partial charge in [-0.25, -0.2) is 4.58 Å². The van der Waals surface area contributed by atoms with Gasteiger partial charge in [-0.05, 0) is 62.8 Å². The fourth-order valence-electron chi connectivity index (χ4n) is 6.58. The summed E-state index contributed by atoms with van der Waals surface area (Å²) in [7, 11) is 4.39. The fraction of sp³-hybridized carbons (Fsp3) is 0.406. The lowest BCUT2D eigenvalue weighted by atomic mass is 9.79. The van der Waals surface area contributed by atoms with Crippen LogP contribution in [0.2, 0.25) is 0 Å². The summed E-state index contributed by atoms with van der Waals surface area (Å²) in [6.45, 7) is 9.35. The molecule has 0 atom stereocenters. The first-order valence-electron chi connectivity index (χ1n) is 13.0. The average Bonchev–Trinajstić information content (AvgIpc) is 3.16. The number of likely N-dealkylation sites (N-methyl/N-ethyl adjacent to an activating group) is 1. The lowest BCUT2D eigenvalue weighted by Crippen LogP contribution is -2.28. The molecule has 5 rings (SSSR count). The molecule has 0 unspecified atom stereocenters. The second-order valence-corrected chi connectivity index (χ2v) is 11.7. The summed E-state index contributed by atoms with van der Waals surface area (Å²) in [4.78, 5) is 2.33. The first-order chi connectivity index (χ1) is 16.6. The van der Waals surface area contributed by atoms with Crippen molar-refractivity contribution in [1.29, 1.82) is 0 Å². The van der Waals surface area contributed by atoms with Crippen LogP contribution in [0.15, 0.2) is 82.6 Å². The molecule has 0 amide bonds. The highest BCUT2D eigenvalue weighted by atomic mass is 35.5. The van der Waals surface area contributed by atoms with Crippen LogP contribution in [0.4, 0.5) is 11.4 Å². The Labute approximate surface area is 216 Å². The van der Waals surface area contributed by atoms with E-state index >= 15 is 0 Å². The zero-order valence-electron chi connectivity index (χ0n) is 22.1. The highest BCUT2D eigenvalue weighted by molar-refractivity contribution is 6.32. The molecule has 0 spiro atoms. The maximum atomic E-state index is 7.06. The largest absolute Gasteiger partial charge is 0.347 e. The molecule has 0 N–H and O–H groups in total. The zero-order valence-corrected chi connectivity index (χ0v) is 22.8. The van der Waals surface area contributed by atoms with E-state index in [1.54, 1.807) is 0 Å². The number of allylic oxidation sites excluding steroid dienone is 6. The second-order valence-electron chi connectivity index (χ2n) is 11.4. The molecule has 1 aliphatic carbocycles. The minimum absolute atomic E-state index is 0.0135. The number of benzene rings is 2. The number of hydrogen-bond donors (Lipinski definition) is 0. The third-order valence-electron chi connectivity index (χ3n) is 8.63. The Morgan fingerprint density at radius 2 is 1.57 bits per heavy atom. The second kappa shape index (κ2) is 8.82. The van der Waals surface area contributed by atoms with E-state index in [4.69, 9.17) is 11.6 Å². The summed E-state index contributed by atoms with van der Waals surface area (Å²) < 4.78 is 2.41. The minimum atomic E-state index is -0.0135. The van der Waals surface area contributed by atoms with E-state index in [9.17, 15) is 0 Å². The van der Waals surface area contributed by atoms with Crippen molar-refractivity contribution in [2.24, 2.45) is 0 Å². The molecule has 2 aromatic carbocycles. The third-order valence-corrected chi connectivity index (χ3v) is 9.14. The number of para-hydroxylation sites is 2. The van der Waals surface area contributed by atoms with Gasteiger partial charge in [0.25, 0.3) is 0 Å². The quantitative estimate of drug-likeness (QED) is 0.394. The Morgan fingerprint density at radius 1 is 0.886 bits per heavy atom. The van der Waals surface area contributed by atoms with Crippen LogP contribution in [-0.2, 0) is 10.8 Å². The Bertz CT molecular complexity index is 1300. The van der Waals surface area contributed by atoms with E-state index in [2.05, 4.69) is 112 Å². The minimum Gasteiger partial charge on any atom is -0.347 e. The lowest BCUT2D eigenvalue weighted by Gasteiger charge is -2.24. The van der Waals surface area contributed by atoms with Crippen molar-refractivity contribution in [2.75, 3.05) is 19.0 Å². The monoisotopic (exact) mass is 485 g/mol. The summed E-state index contributed by atoms with van der Waals surface area (Å²) in [5.74, 6) is 0. The topological polar surface area (TPSA) is 6.25 Å². The van der Waals surface area contributed by atoms with Crippen LogP contribution < -0.4 is 4.90 Å². The first-order valence-corrected chi connectivity index (χ1v) is 13.3. The van der Waals surface area contributed by atoms with Crippen LogP contribution >= 0.6 is 11.6 Å². The molecule has 2 heterocycles. The van der Waals surface area contributed by atoms with Crippen LogP contribution in [0.1, 0.15) is 70.9 Å². The van der Waals surface area contributed by atoms with Crippen molar-refractivity contribution < 1.29 is 4.58 Å². The van der Waals surface area contributed by atoms with Crippen molar-refractivity contribution in [2.45, 2.75) is 70.6 Å². The normalized spacial score (nSPS) is 22.9. The molecule has 0 fully saturated rings. The summed E-state index contributed by atoms with van der Waals surface area (Å²) in [5, 5.41) is 1.00. The Balaban J connectivity index is 1.39. The molecular weight excluding hydrogens is 448 g/mol. The smallest absolute Gasteiger partial charge is 0.209 e. The number of fused-ring (bicyclic) bond motifs is 2. The highest BCUT2D eigenvalue weighted by Gasteiger charge is 2.43. The van der Waals surface area contributed by atoms with E-state index in [0.717, 1.165) is 30.7 Å². The van der Waals surface area contributed by atoms with Gasteiger partial charge < -0.3 is 4.90 Å². The van der Waals surface area contributed by atoms with Crippen LogP contribution in [0.25, 0.3) is 0 Å². The van der Waals surface area contributed by atoms with Crippen LogP contribution in [0.5, 0.6) is 0 Å². The van der Waals surface area contributed by atoms with E-state index in [0.29, 0.717) is 0 Å². The molecule has 0 radical (unpaired) electrons. The van der Waals surface area contributed by atoms with Gasteiger partial charge in [-0.2, -0.15) is 0 Å². The average molecular weight is 486 g/mol. The number of halogens is 1. The molecule has 3 heteroatoms. The Morgan fingerprint density at radius 3 is 2.29 bits per heavy atom. The summed E-state index contributed by atoms with van der Waals surface area (Å²) >= 11 is 7.06. The molecule has 0 bridgehead atoms. The molecule has 2 nitrogen and oxygen atoms in total. The van der Waals surface area contributed by atoms with E-state index in [-0.39, 0.29) is 10.8 Å².